The van der Waals surface area contributed by atoms with Crippen LogP contribution in [0.2, 0.25) is 5.02 Å². The van der Waals surface area contributed by atoms with Gasteiger partial charge in [-0.3, -0.25) is 14.9 Å². The normalized spacial score (nSPS) is 14.7. The average molecular weight is 404 g/mol. The summed E-state index contributed by atoms with van der Waals surface area (Å²) in [5, 5.41) is 15.2. The van der Waals surface area contributed by atoms with Crippen LogP contribution in [0.25, 0.3) is 0 Å². The highest BCUT2D eigenvalue weighted by Crippen LogP contribution is 2.28. The zero-order valence-corrected chi connectivity index (χ0v) is 16.3. The van der Waals surface area contributed by atoms with Crippen LogP contribution < -0.4 is 5.32 Å². The minimum atomic E-state index is -0.483. The van der Waals surface area contributed by atoms with Crippen LogP contribution in [0, 0.1) is 10.1 Å². The van der Waals surface area contributed by atoms with Gasteiger partial charge < -0.3 is 15.0 Å². The first kappa shape index (κ1) is 20.1. The summed E-state index contributed by atoms with van der Waals surface area (Å²) >= 11 is 6.13. The minimum Gasteiger partial charge on any atom is -0.381 e. The Morgan fingerprint density at radius 2 is 2.00 bits per heavy atom. The van der Waals surface area contributed by atoms with Crippen LogP contribution in [-0.2, 0) is 11.3 Å². The van der Waals surface area contributed by atoms with Crippen molar-refractivity contribution in [3.63, 3.8) is 0 Å². The molecule has 0 aromatic heterocycles. The van der Waals surface area contributed by atoms with Gasteiger partial charge in [-0.1, -0.05) is 29.8 Å². The Morgan fingerprint density at radius 1 is 1.29 bits per heavy atom. The third-order valence-corrected chi connectivity index (χ3v) is 5.30. The van der Waals surface area contributed by atoms with Crippen LogP contribution in [0.15, 0.2) is 42.5 Å². The monoisotopic (exact) mass is 403 g/mol. The number of amides is 1. The van der Waals surface area contributed by atoms with Crippen LogP contribution in [0.4, 0.5) is 11.4 Å². The molecule has 1 aliphatic heterocycles. The molecular weight excluding hydrogens is 382 g/mol. The number of rotatable bonds is 6. The van der Waals surface area contributed by atoms with E-state index < -0.39 is 4.92 Å². The largest absolute Gasteiger partial charge is 0.381 e. The lowest BCUT2D eigenvalue weighted by Crippen LogP contribution is -2.40. The molecule has 2 aromatic rings. The number of methoxy groups -OCH3 is 1. The lowest BCUT2D eigenvalue weighted by molar-refractivity contribution is -0.384. The van der Waals surface area contributed by atoms with E-state index >= 15 is 0 Å². The van der Waals surface area contributed by atoms with Crippen molar-refractivity contribution < 1.29 is 14.5 Å². The number of benzene rings is 2. The first-order valence-electron chi connectivity index (χ1n) is 9.07. The molecule has 7 nitrogen and oxygen atoms in total. The Kier molecular flexibility index (Phi) is 6.49. The number of hydrogen-bond acceptors (Lipinski definition) is 5. The zero-order valence-electron chi connectivity index (χ0n) is 15.6. The lowest BCUT2D eigenvalue weighted by Gasteiger charge is -2.31. The number of hydrogen-bond donors (Lipinski definition) is 1. The molecule has 1 aliphatic rings. The summed E-state index contributed by atoms with van der Waals surface area (Å²) in [4.78, 5) is 25.5. The molecule has 0 atom stereocenters. The van der Waals surface area contributed by atoms with Crippen LogP contribution in [-0.4, -0.2) is 42.0 Å². The number of carbonyl (C=O) groups excluding carboxylic acids is 1. The van der Waals surface area contributed by atoms with E-state index in [0.29, 0.717) is 35.9 Å². The summed E-state index contributed by atoms with van der Waals surface area (Å²) in [5.41, 5.74) is 1.36. The summed E-state index contributed by atoms with van der Waals surface area (Å²) in [6.45, 7) is 1.51. The number of likely N-dealkylation sites (tertiary alicyclic amines) is 1. The standard InChI is InChI=1S/C20H22ClN3O4/c1-28-16-8-10-23(11-9-16)20(25)14-6-7-18(19(12-14)24(26)27)22-13-15-4-2-3-5-17(15)21/h2-7,12,16,22H,8-11,13H2,1H3. The van der Waals surface area contributed by atoms with Crippen molar-refractivity contribution in [2.24, 2.45) is 0 Å². The number of nitrogens with one attached hydrogen (secondary N) is 1. The van der Waals surface area contributed by atoms with Crippen LogP contribution in [0.1, 0.15) is 28.8 Å². The van der Waals surface area contributed by atoms with Gasteiger partial charge in [-0.05, 0) is 36.6 Å². The molecule has 0 aliphatic carbocycles. The molecule has 28 heavy (non-hydrogen) atoms. The van der Waals surface area contributed by atoms with Gasteiger partial charge in [0.1, 0.15) is 5.69 Å². The van der Waals surface area contributed by atoms with E-state index in [2.05, 4.69) is 5.32 Å². The molecule has 0 unspecified atom stereocenters. The number of anilines is 1. The predicted octanol–water partition coefficient (Wildman–Crippen LogP) is 4.11. The van der Waals surface area contributed by atoms with Crippen molar-refractivity contribution >= 4 is 28.9 Å². The lowest BCUT2D eigenvalue weighted by atomic mass is 10.1. The van der Waals surface area contributed by atoms with E-state index in [1.165, 1.54) is 6.07 Å². The number of nitro groups is 1. The first-order chi connectivity index (χ1) is 13.5. The summed E-state index contributed by atoms with van der Waals surface area (Å²) in [6, 6.07) is 11.8. The molecule has 0 radical (unpaired) electrons. The third-order valence-electron chi connectivity index (χ3n) is 4.93. The van der Waals surface area contributed by atoms with Crippen molar-refractivity contribution in [2.45, 2.75) is 25.5 Å². The average Bonchev–Trinajstić information content (AvgIpc) is 2.72. The maximum Gasteiger partial charge on any atom is 0.293 e. The molecule has 148 valence electrons. The van der Waals surface area contributed by atoms with E-state index in [1.54, 1.807) is 30.2 Å². The number of piperidine rings is 1. The van der Waals surface area contributed by atoms with Gasteiger partial charge in [-0.25, -0.2) is 0 Å². The Hall–Kier alpha value is -2.64. The summed E-state index contributed by atoms with van der Waals surface area (Å²) in [7, 11) is 1.67. The fourth-order valence-corrected chi connectivity index (χ4v) is 3.48. The van der Waals surface area contributed by atoms with E-state index in [0.717, 1.165) is 18.4 Å². The number of nitrogens with zero attached hydrogens (tertiary/aromatic N) is 2. The minimum absolute atomic E-state index is 0.135. The Labute approximate surface area is 168 Å². The van der Waals surface area contributed by atoms with E-state index in [4.69, 9.17) is 16.3 Å². The van der Waals surface area contributed by atoms with Crippen molar-refractivity contribution in [3.8, 4) is 0 Å². The maximum atomic E-state index is 12.7. The highest BCUT2D eigenvalue weighted by Gasteiger charge is 2.25. The van der Waals surface area contributed by atoms with Gasteiger partial charge in [0, 0.05) is 43.4 Å². The number of nitro benzene ring substituents is 1. The molecule has 1 amide bonds. The first-order valence-corrected chi connectivity index (χ1v) is 9.45. The van der Waals surface area contributed by atoms with Crippen LogP contribution in [0.3, 0.4) is 0 Å². The van der Waals surface area contributed by atoms with Gasteiger partial charge in [-0.15, -0.1) is 0 Å². The quantitative estimate of drug-likeness (QED) is 0.579. The maximum absolute atomic E-state index is 12.7. The van der Waals surface area contributed by atoms with Gasteiger partial charge in [0.05, 0.1) is 11.0 Å². The highest BCUT2D eigenvalue weighted by molar-refractivity contribution is 6.31. The molecule has 1 fully saturated rings. The summed E-state index contributed by atoms with van der Waals surface area (Å²) in [6.07, 6.45) is 1.69. The second-order valence-corrected chi connectivity index (χ2v) is 7.07. The van der Waals surface area contributed by atoms with Crippen molar-refractivity contribution in [3.05, 3.63) is 68.7 Å². The Balaban J connectivity index is 1.75. The molecule has 3 rings (SSSR count). The summed E-state index contributed by atoms with van der Waals surface area (Å²) < 4.78 is 5.32. The topological polar surface area (TPSA) is 84.7 Å². The van der Waals surface area contributed by atoms with Crippen molar-refractivity contribution in [1.82, 2.24) is 4.90 Å². The van der Waals surface area contributed by atoms with Gasteiger partial charge in [0.2, 0.25) is 0 Å². The predicted molar refractivity (Wildman–Crippen MR) is 108 cm³/mol. The highest BCUT2D eigenvalue weighted by atomic mass is 35.5. The second kappa shape index (κ2) is 9.03. The van der Waals surface area contributed by atoms with Gasteiger partial charge in [-0.2, -0.15) is 0 Å². The summed E-state index contributed by atoms with van der Waals surface area (Å²) in [5.74, 6) is -0.199. The van der Waals surface area contributed by atoms with Crippen LogP contribution in [0.5, 0.6) is 0 Å². The van der Waals surface area contributed by atoms with E-state index in [-0.39, 0.29) is 17.7 Å². The van der Waals surface area contributed by atoms with Crippen LogP contribution >= 0.6 is 11.6 Å². The van der Waals surface area contributed by atoms with Crippen molar-refractivity contribution in [1.29, 1.82) is 0 Å². The second-order valence-electron chi connectivity index (χ2n) is 6.66. The third kappa shape index (κ3) is 4.61. The van der Waals surface area contributed by atoms with E-state index in [9.17, 15) is 14.9 Å². The molecule has 0 spiro atoms. The van der Waals surface area contributed by atoms with Crippen molar-refractivity contribution in [2.75, 3.05) is 25.5 Å². The molecule has 8 heteroatoms. The molecule has 0 saturated carbocycles. The fourth-order valence-electron chi connectivity index (χ4n) is 3.27. The fraction of sp³-hybridized carbons (Fsp3) is 0.350. The molecule has 1 N–H and O–H groups in total. The van der Waals surface area contributed by atoms with Gasteiger partial charge in [0.15, 0.2) is 0 Å². The molecule has 0 bridgehead atoms. The Morgan fingerprint density at radius 3 is 2.64 bits per heavy atom. The SMILES string of the molecule is COC1CCN(C(=O)c2ccc(NCc3ccccc3Cl)c([N+](=O)[O-])c2)CC1. The molecule has 1 saturated heterocycles. The Bertz CT molecular complexity index is 866. The zero-order chi connectivity index (χ0) is 20.1. The van der Waals surface area contributed by atoms with Gasteiger partial charge >= 0.3 is 0 Å². The number of halogens is 1. The number of carbonyl (C=O) groups is 1. The van der Waals surface area contributed by atoms with E-state index in [1.807, 2.05) is 18.2 Å². The molecule has 1 heterocycles. The number of ether oxygens (including phenoxy) is 1. The smallest absolute Gasteiger partial charge is 0.293 e. The molecular formula is C20H22ClN3O4. The molecule has 2 aromatic carbocycles. The van der Waals surface area contributed by atoms with Gasteiger partial charge in [0.25, 0.3) is 11.6 Å².